The van der Waals surface area contributed by atoms with Gasteiger partial charge in [-0.25, -0.2) is 13.6 Å². The third-order valence-electron chi connectivity index (χ3n) is 4.66. The van der Waals surface area contributed by atoms with Crippen LogP contribution in [0, 0.1) is 6.92 Å². The van der Waals surface area contributed by atoms with E-state index in [-0.39, 0.29) is 10.8 Å². The highest BCUT2D eigenvalue weighted by Crippen LogP contribution is 2.20. The van der Waals surface area contributed by atoms with Crippen molar-refractivity contribution in [3.63, 3.8) is 0 Å². The van der Waals surface area contributed by atoms with Crippen molar-refractivity contribution in [2.75, 3.05) is 42.9 Å². The standard InChI is InChI=1S/C19H24N4O3S/c1-15-4-2-3-5-18(15)23-12-10-22(11-13-23)14-19(24)21-16-6-8-17(9-7-16)27(20,25)26/h2-9H,10-14H2,1H3,(H,21,24)(H2,20,25,26). The molecule has 7 nitrogen and oxygen atoms in total. The molecule has 0 atom stereocenters. The van der Waals surface area contributed by atoms with Crippen LogP contribution in [0.3, 0.4) is 0 Å². The summed E-state index contributed by atoms with van der Waals surface area (Å²) in [4.78, 5) is 16.7. The molecule has 2 aromatic carbocycles. The smallest absolute Gasteiger partial charge is 0.238 e. The third-order valence-corrected chi connectivity index (χ3v) is 5.59. The average molecular weight is 388 g/mol. The SMILES string of the molecule is Cc1ccccc1N1CCN(CC(=O)Nc2ccc(S(N)(=O)=O)cc2)CC1. The number of carbonyl (C=O) groups excluding carboxylic acids is 1. The highest BCUT2D eigenvalue weighted by molar-refractivity contribution is 7.89. The predicted octanol–water partition coefficient (Wildman–Crippen LogP) is 1.40. The Labute approximate surface area is 159 Å². The molecule has 1 aliphatic rings. The Morgan fingerprint density at radius 2 is 1.67 bits per heavy atom. The van der Waals surface area contributed by atoms with E-state index in [0.29, 0.717) is 12.2 Å². The predicted molar refractivity (Wildman–Crippen MR) is 106 cm³/mol. The maximum absolute atomic E-state index is 12.3. The lowest BCUT2D eigenvalue weighted by atomic mass is 10.1. The molecule has 1 fully saturated rings. The summed E-state index contributed by atoms with van der Waals surface area (Å²) in [7, 11) is -3.73. The zero-order chi connectivity index (χ0) is 19.4. The van der Waals surface area contributed by atoms with Crippen molar-refractivity contribution in [2.24, 2.45) is 5.14 Å². The van der Waals surface area contributed by atoms with Gasteiger partial charge in [-0.3, -0.25) is 9.69 Å². The quantitative estimate of drug-likeness (QED) is 0.807. The van der Waals surface area contributed by atoms with E-state index < -0.39 is 10.0 Å². The highest BCUT2D eigenvalue weighted by atomic mass is 32.2. The van der Waals surface area contributed by atoms with Crippen molar-refractivity contribution < 1.29 is 13.2 Å². The molecule has 1 saturated heterocycles. The monoisotopic (exact) mass is 388 g/mol. The summed E-state index contributed by atoms with van der Waals surface area (Å²) < 4.78 is 22.5. The second-order valence-corrected chi connectivity index (χ2v) is 8.23. The van der Waals surface area contributed by atoms with Crippen molar-refractivity contribution >= 4 is 27.3 Å². The molecule has 8 heteroatoms. The lowest BCUT2D eigenvalue weighted by Crippen LogP contribution is -2.48. The number of hydrogen-bond donors (Lipinski definition) is 2. The zero-order valence-electron chi connectivity index (χ0n) is 15.3. The molecule has 3 rings (SSSR count). The molecule has 0 aromatic heterocycles. The van der Waals surface area contributed by atoms with Gasteiger partial charge in [-0.2, -0.15) is 0 Å². The fourth-order valence-electron chi connectivity index (χ4n) is 3.20. The Balaban J connectivity index is 1.50. The first kappa shape index (κ1) is 19.3. The number of amides is 1. The first-order valence-corrected chi connectivity index (χ1v) is 10.3. The zero-order valence-corrected chi connectivity index (χ0v) is 16.1. The van der Waals surface area contributed by atoms with Crippen LogP contribution in [-0.4, -0.2) is 51.9 Å². The molecule has 1 heterocycles. The summed E-state index contributed by atoms with van der Waals surface area (Å²) in [6.45, 7) is 5.79. The number of para-hydroxylation sites is 1. The molecular weight excluding hydrogens is 364 g/mol. The van der Waals surface area contributed by atoms with Crippen molar-refractivity contribution in [2.45, 2.75) is 11.8 Å². The third kappa shape index (κ3) is 5.06. The number of hydrogen-bond acceptors (Lipinski definition) is 5. The lowest BCUT2D eigenvalue weighted by molar-refractivity contribution is -0.117. The highest BCUT2D eigenvalue weighted by Gasteiger charge is 2.20. The van der Waals surface area contributed by atoms with Gasteiger partial charge in [-0.1, -0.05) is 18.2 Å². The maximum Gasteiger partial charge on any atom is 0.238 e. The first-order chi connectivity index (χ1) is 12.8. The van der Waals surface area contributed by atoms with E-state index in [1.165, 1.54) is 35.5 Å². The van der Waals surface area contributed by atoms with Crippen LogP contribution in [0.5, 0.6) is 0 Å². The van der Waals surface area contributed by atoms with Gasteiger partial charge in [0.1, 0.15) is 0 Å². The van der Waals surface area contributed by atoms with Crippen LogP contribution in [0.4, 0.5) is 11.4 Å². The normalized spacial score (nSPS) is 15.6. The summed E-state index contributed by atoms with van der Waals surface area (Å²) in [6.07, 6.45) is 0. The summed E-state index contributed by atoms with van der Waals surface area (Å²) in [5.74, 6) is -0.123. The summed E-state index contributed by atoms with van der Waals surface area (Å²) in [5.41, 5.74) is 3.05. The minimum Gasteiger partial charge on any atom is -0.369 e. The minimum atomic E-state index is -3.73. The number of sulfonamides is 1. The fraction of sp³-hybridized carbons (Fsp3) is 0.316. The van der Waals surface area contributed by atoms with Crippen LogP contribution in [0.15, 0.2) is 53.4 Å². The molecule has 2 aromatic rings. The van der Waals surface area contributed by atoms with Crippen molar-refractivity contribution in [1.29, 1.82) is 0 Å². The topological polar surface area (TPSA) is 95.7 Å². The second kappa shape index (κ2) is 8.08. The first-order valence-electron chi connectivity index (χ1n) is 8.78. The number of rotatable bonds is 5. The van der Waals surface area contributed by atoms with Crippen LogP contribution in [0.1, 0.15) is 5.56 Å². The number of nitrogens with one attached hydrogen (secondary N) is 1. The van der Waals surface area contributed by atoms with Crippen LogP contribution in [0.25, 0.3) is 0 Å². The number of nitrogens with two attached hydrogens (primary N) is 1. The van der Waals surface area contributed by atoms with E-state index in [1.807, 2.05) is 12.1 Å². The number of piperazine rings is 1. The Kier molecular flexibility index (Phi) is 5.79. The fourth-order valence-corrected chi connectivity index (χ4v) is 3.71. The molecule has 0 bridgehead atoms. The van der Waals surface area contributed by atoms with Crippen LogP contribution < -0.4 is 15.4 Å². The molecule has 0 unspecified atom stereocenters. The van der Waals surface area contributed by atoms with E-state index in [2.05, 4.69) is 34.2 Å². The molecule has 144 valence electrons. The van der Waals surface area contributed by atoms with Gasteiger partial charge in [0.15, 0.2) is 0 Å². The summed E-state index contributed by atoms with van der Waals surface area (Å²) in [6, 6.07) is 14.1. The molecule has 0 saturated carbocycles. The average Bonchev–Trinajstić information content (AvgIpc) is 2.62. The number of benzene rings is 2. The molecule has 27 heavy (non-hydrogen) atoms. The van der Waals surface area contributed by atoms with Crippen LogP contribution in [-0.2, 0) is 14.8 Å². The van der Waals surface area contributed by atoms with E-state index >= 15 is 0 Å². The van der Waals surface area contributed by atoms with Gasteiger partial charge in [0, 0.05) is 37.6 Å². The van der Waals surface area contributed by atoms with Gasteiger partial charge in [-0.15, -0.1) is 0 Å². The van der Waals surface area contributed by atoms with Gasteiger partial charge in [0.25, 0.3) is 0 Å². The molecule has 0 radical (unpaired) electrons. The number of aryl methyl sites for hydroxylation is 1. The number of primary sulfonamides is 1. The van der Waals surface area contributed by atoms with Crippen LogP contribution in [0.2, 0.25) is 0 Å². The molecule has 0 spiro atoms. The Bertz CT molecular complexity index is 905. The molecule has 1 amide bonds. The molecule has 3 N–H and O–H groups in total. The van der Waals surface area contributed by atoms with Crippen molar-refractivity contribution in [3.05, 3.63) is 54.1 Å². The van der Waals surface area contributed by atoms with E-state index in [0.717, 1.165) is 26.2 Å². The van der Waals surface area contributed by atoms with Crippen molar-refractivity contribution in [3.8, 4) is 0 Å². The van der Waals surface area contributed by atoms with Crippen molar-refractivity contribution in [1.82, 2.24) is 4.90 Å². The Hall–Kier alpha value is -2.42. The number of nitrogens with zero attached hydrogens (tertiary/aromatic N) is 2. The van der Waals surface area contributed by atoms with Gasteiger partial charge < -0.3 is 10.2 Å². The van der Waals surface area contributed by atoms with E-state index in [9.17, 15) is 13.2 Å². The summed E-state index contributed by atoms with van der Waals surface area (Å²) >= 11 is 0. The lowest BCUT2D eigenvalue weighted by Gasteiger charge is -2.36. The molecule has 0 aliphatic carbocycles. The van der Waals surface area contributed by atoms with E-state index in [1.54, 1.807) is 0 Å². The minimum absolute atomic E-state index is 0.0211. The van der Waals surface area contributed by atoms with E-state index in [4.69, 9.17) is 5.14 Å². The van der Waals surface area contributed by atoms with Crippen LogP contribution >= 0.6 is 0 Å². The van der Waals surface area contributed by atoms with Gasteiger partial charge in [-0.05, 0) is 42.8 Å². The Morgan fingerprint density at radius 3 is 2.26 bits per heavy atom. The van der Waals surface area contributed by atoms with Gasteiger partial charge >= 0.3 is 0 Å². The summed E-state index contributed by atoms with van der Waals surface area (Å²) in [5, 5.41) is 7.86. The Morgan fingerprint density at radius 1 is 1.04 bits per heavy atom. The van der Waals surface area contributed by atoms with Gasteiger partial charge in [0.2, 0.25) is 15.9 Å². The maximum atomic E-state index is 12.3. The number of anilines is 2. The molecular formula is C19H24N4O3S. The number of carbonyl (C=O) groups is 1. The molecule has 1 aliphatic heterocycles. The second-order valence-electron chi connectivity index (χ2n) is 6.67. The largest absolute Gasteiger partial charge is 0.369 e. The van der Waals surface area contributed by atoms with Gasteiger partial charge in [0.05, 0.1) is 11.4 Å².